The Morgan fingerprint density at radius 1 is 1.32 bits per heavy atom. The molecule has 0 spiro atoms. The average molecular weight is 256 g/mol. The van der Waals surface area contributed by atoms with Crippen LogP contribution in [0, 0.1) is 0 Å². The van der Waals surface area contributed by atoms with Crippen LogP contribution in [0.4, 0.5) is 0 Å². The maximum atomic E-state index is 9.26. The average Bonchev–Trinajstić information content (AvgIpc) is 2.90. The summed E-state index contributed by atoms with van der Waals surface area (Å²) in [6.07, 6.45) is 2.32. The van der Waals surface area contributed by atoms with Gasteiger partial charge in [0.25, 0.3) is 0 Å². The van der Waals surface area contributed by atoms with Crippen LogP contribution in [0.25, 0.3) is 0 Å². The van der Waals surface area contributed by atoms with Crippen LogP contribution < -0.4 is 0 Å². The van der Waals surface area contributed by atoms with Gasteiger partial charge in [-0.15, -0.1) is 0 Å². The quantitative estimate of drug-likeness (QED) is 0.663. The standard InChI is InChI=1S/C15H16N2O2/c1-2-12-15-13(16-18)8-11(9-14(15)19-17-12)10-6-4-3-5-7-10/h3-7,11,18H,2,8-9H2,1H3/b16-13+/t11-/m0/s1. The number of rotatable bonds is 2. The highest BCUT2D eigenvalue weighted by Crippen LogP contribution is 2.34. The third kappa shape index (κ3) is 2.03. The van der Waals surface area contributed by atoms with Gasteiger partial charge in [-0.25, -0.2) is 0 Å². The van der Waals surface area contributed by atoms with Crippen molar-refractivity contribution in [3.05, 3.63) is 52.9 Å². The summed E-state index contributed by atoms with van der Waals surface area (Å²) in [5.41, 5.74) is 3.73. The van der Waals surface area contributed by atoms with Crippen molar-refractivity contribution in [3.63, 3.8) is 0 Å². The zero-order chi connectivity index (χ0) is 13.2. The van der Waals surface area contributed by atoms with Gasteiger partial charge in [0.2, 0.25) is 0 Å². The molecule has 0 fully saturated rings. The molecule has 0 saturated carbocycles. The molecule has 0 aliphatic heterocycles. The number of aromatic nitrogens is 1. The van der Waals surface area contributed by atoms with Crippen LogP contribution in [0.1, 0.15) is 41.8 Å². The van der Waals surface area contributed by atoms with E-state index in [0.717, 1.165) is 36.3 Å². The van der Waals surface area contributed by atoms with E-state index in [-0.39, 0.29) is 5.92 Å². The van der Waals surface area contributed by atoms with E-state index >= 15 is 0 Å². The van der Waals surface area contributed by atoms with Crippen molar-refractivity contribution >= 4 is 5.71 Å². The van der Waals surface area contributed by atoms with Crippen molar-refractivity contribution in [1.82, 2.24) is 5.16 Å². The van der Waals surface area contributed by atoms with E-state index in [1.54, 1.807) is 0 Å². The van der Waals surface area contributed by atoms with E-state index in [1.807, 2.05) is 25.1 Å². The first kappa shape index (κ1) is 12.0. The van der Waals surface area contributed by atoms with Crippen molar-refractivity contribution in [2.75, 3.05) is 0 Å². The summed E-state index contributed by atoms with van der Waals surface area (Å²) >= 11 is 0. The molecule has 0 amide bonds. The molecule has 0 bridgehead atoms. The molecule has 4 nitrogen and oxygen atoms in total. The minimum atomic E-state index is 0.289. The lowest BCUT2D eigenvalue weighted by Crippen LogP contribution is -2.19. The molecule has 1 aromatic heterocycles. The predicted molar refractivity (Wildman–Crippen MR) is 71.7 cm³/mol. The van der Waals surface area contributed by atoms with Crippen molar-refractivity contribution in [2.24, 2.45) is 5.16 Å². The molecule has 0 saturated heterocycles. The lowest BCUT2D eigenvalue weighted by atomic mass is 9.81. The van der Waals surface area contributed by atoms with Gasteiger partial charge in [0.15, 0.2) is 0 Å². The number of benzene rings is 1. The number of aryl methyl sites for hydroxylation is 1. The van der Waals surface area contributed by atoms with Crippen molar-refractivity contribution < 1.29 is 9.73 Å². The van der Waals surface area contributed by atoms with E-state index in [0.29, 0.717) is 5.71 Å². The molecule has 0 radical (unpaired) electrons. The second kappa shape index (κ2) is 4.88. The van der Waals surface area contributed by atoms with Gasteiger partial charge in [0.1, 0.15) is 5.76 Å². The Balaban J connectivity index is 2.00. The van der Waals surface area contributed by atoms with Gasteiger partial charge in [-0.3, -0.25) is 0 Å². The molecule has 1 aromatic carbocycles. The van der Waals surface area contributed by atoms with Gasteiger partial charge in [-0.1, -0.05) is 47.6 Å². The minimum absolute atomic E-state index is 0.289. The van der Waals surface area contributed by atoms with E-state index in [1.165, 1.54) is 5.56 Å². The molecule has 1 atom stereocenters. The van der Waals surface area contributed by atoms with Gasteiger partial charge in [-0.2, -0.15) is 0 Å². The summed E-state index contributed by atoms with van der Waals surface area (Å²) in [4.78, 5) is 0. The van der Waals surface area contributed by atoms with Crippen molar-refractivity contribution in [3.8, 4) is 0 Å². The first-order chi connectivity index (χ1) is 9.33. The van der Waals surface area contributed by atoms with Crippen LogP contribution in [-0.4, -0.2) is 16.1 Å². The molecule has 2 aromatic rings. The molecule has 98 valence electrons. The lowest BCUT2D eigenvalue weighted by Gasteiger charge is -2.22. The normalized spacial score (nSPS) is 20.5. The zero-order valence-corrected chi connectivity index (χ0v) is 10.8. The Morgan fingerprint density at radius 2 is 2.11 bits per heavy atom. The first-order valence-corrected chi connectivity index (χ1v) is 6.57. The van der Waals surface area contributed by atoms with Crippen LogP contribution in [0.3, 0.4) is 0 Å². The smallest absolute Gasteiger partial charge is 0.146 e. The van der Waals surface area contributed by atoms with Crippen LogP contribution >= 0.6 is 0 Å². The highest BCUT2D eigenvalue weighted by atomic mass is 16.5. The molecule has 1 heterocycles. The third-order valence-corrected chi connectivity index (χ3v) is 3.72. The summed E-state index contributed by atoms with van der Waals surface area (Å²) in [6, 6.07) is 10.3. The fraction of sp³-hybridized carbons (Fsp3) is 0.333. The molecule has 1 aliphatic carbocycles. The van der Waals surface area contributed by atoms with E-state index in [9.17, 15) is 5.21 Å². The van der Waals surface area contributed by atoms with Gasteiger partial charge >= 0.3 is 0 Å². The molecule has 4 heteroatoms. The van der Waals surface area contributed by atoms with Gasteiger partial charge in [-0.05, 0) is 17.9 Å². The van der Waals surface area contributed by atoms with Gasteiger partial charge < -0.3 is 9.73 Å². The number of hydrogen-bond acceptors (Lipinski definition) is 4. The molecular weight excluding hydrogens is 240 g/mol. The fourth-order valence-electron chi connectivity index (χ4n) is 2.75. The van der Waals surface area contributed by atoms with Crippen molar-refractivity contribution in [1.29, 1.82) is 0 Å². The van der Waals surface area contributed by atoms with Gasteiger partial charge in [0.05, 0.1) is 17.0 Å². The minimum Gasteiger partial charge on any atom is -0.411 e. The Kier molecular flexibility index (Phi) is 3.07. The fourth-order valence-corrected chi connectivity index (χ4v) is 2.75. The summed E-state index contributed by atoms with van der Waals surface area (Å²) < 4.78 is 5.42. The van der Waals surface area contributed by atoms with Crippen LogP contribution in [0.15, 0.2) is 40.0 Å². The summed E-state index contributed by atoms with van der Waals surface area (Å²) in [6.45, 7) is 2.02. The molecular formula is C15H16N2O2. The molecule has 1 aliphatic rings. The third-order valence-electron chi connectivity index (χ3n) is 3.72. The zero-order valence-electron chi connectivity index (χ0n) is 10.8. The second-order valence-electron chi connectivity index (χ2n) is 4.84. The highest BCUT2D eigenvalue weighted by molar-refractivity contribution is 6.03. The van der Waals surface area contributed by atoms with E-state index in [2.05, 4.69) is 22.4 Å². The SMILES string of the molecule is CCc1noc2c1/C(=N/O)C[C@H](c1ccccc1)C2. The van der Waals surface area contributed by atoms with Crippen LogP contribution in [-0.2, 0) is 12.8 Å². The Morgan fingerprint density at radius 3 is 2.79 bits per heavy atom. The lowest BCUT2D eigenvalue weighted by molar-refractivity contribution is 0.315. The molecule has 3 rings (SSSR count). The highest BCUT2D eigenvalue weighted by Gasteiger charge is 2.31. The summed E-state index contributed by atoms with van der Waals surface area (Å²) in [7, 11) is 0. The van der Waals surface area contributed by atoms with Crippen molar-refractivity contribution in [2.45, 2.75) is 32.1 Å². The van der Waals surface area contributed by atoms with E-state index < -0.39 is 0 Å². The Bertz CT molecular complexity index is 602. The maximum Gasteiger partial charge on any atom is 0.146 e. The topological polar surface area (TPSA) is 58.6 Å². The maximum absolute atomic E-state index is 9.26. The first-order valence-electron chi connectivity index (χ1n) is 6.57. The molecule has 19 heavy (non-hydrogen) atoms. The van der Waals surface area contributed by atoms with Gasteiger partial charge in [0, 0.05) is 12.8 Å². The van der Waals surface area contributed by atoms with Crippen LogP contribution in [0.5, 0.6) is 0 Å². The number of fused-ring (bicyclic) bond motifs is 1. The number of hydrogen-bond donors (Lipinski definition) is 1. The Hall–Kier alpha value is -2.10. The van der Waals surface area contributed by atoms with E-state index in [4.69, 9.17) is 4.52 Å². The Labute approximate surface area is 111 Å². The molecule has 1 N–H and O–H groups in total. The summed E-state index contributed by atoms with van der Waals surface area (Å²) in [5.74, 6) is 1.13. The van der Waals surface area contributed by atoms with Crippen LogP contribution in [0.2, 0.25) is 0 Å². The predicted octanol–water partition coefficient (Wildman–Crippen LogP) is 3.15. The number of nitrogens with zero attached hydrogens (tertiary/aromatic N) is 2. The monoisotopic (exact) mass is 256 g/mol. The summed E-state index contributed by atoms with van der Waals surface area (Å²) in [5, 5.41) is 16.8. The molecule has 0 unspecified atom stereocenters. The number of oxime groups is 1. The second-order valence-corrected chi connectivity index (χ2v) is 4.84. The largest absolute Gasteiger partial charge is 0.411 e.